The van der Waals surface area contributed by atoms with Crippen LogP contribution in [0.2, 0.25) is 0 Å². The Bertz CT molecular complexity index is 621. The van der Waals surface area contributed by atoms with Gasteiger partial charge in [-0.2, -0.15) is 0 Å². The van der Waals surface area contributed by atoms with Gasteiger partial charge in [0.1, 0.15) is 6.10 Å². The fourth-order valence-electron chi connectivity index (χ4n) is 2.01. The van der Waals surface area contributed by atoms with Crippen LogP contribution in [0.15, 0.2) is 51.4 Å². The third kappa shape index (κ3) is 4.05. The molecule has 0 saturated carbocycles. The molecule has 0 aliphatic rings. The quantitative estimate of drug-likeness (QED) is 0.726. The summed E-state index contributed by atoms with van der Waals surface area (Å²) in [5.41, 5.74) is 7.08. The first-order chi connectivity index (χ1) is 10.0. The van der Waals surface area contributed by atoms with Gasteiger partial charge in [-0.15, -0.1) is 0 Å². The minimum Gasteiger partial charge on any atom is -0.481 e. The zero-order chi connectivity index (χ0) is 15.4. The van der Waals surface area contributed by atoms with Crippen LogP contribution in [0.25, 0.3) is 0 Å². The summed E-state index contributed by atoms with van der Waals surface area (Å²) in [6, 6.07) is 12.2. The number of halogens is 3. The van der Waals surface area contributed by atoms with Crippen LogP contribution in [-0.4, -0.2) is 6.04 Å². The Morgan fingerprint density at radius 2 is 1.90 bits per heavy atom. The molecule has 2 unspecified atom stereocenters. The van der Waals surface area contributed by atoms with Crippen LogP contribution in [0.3, 0.4) is 0 Å². The number of benzene rings is 2. The number of nitrogens with two attached hydrogens (primary N) is 1. The van der Waals surface area contributed by atoms with E-state index in [0.29, 0.717) is 4.47 Å². The van der Waals surface area contributed by atoms with Crippen molar-refractivity contribution in [3.05, 3.63) is 62.8 Å². The lowest BCUT2D eigenvalue weighted by Crippen LogP contribution is -2.31. The molecule has 0 amide bonds. The lowest BCUT2D eigenvalue weighted by molar-refractivity contribution is 0.163. The van der Waals surface area contributed by atoms with Gasteiger partial charge in [-0.05, 0) is 30.7 Å². The van der Waals surface area contributed by atoms with Gasteiger partial charge in [0.25, 0.3) is 0 Å². The maximum absolute atomic E-state index is 14.0. The highest BCUT2D eigenvalue weighted by Gasteiger charge is 2.23. The molecule has 0 spiro atoms. The SMILES string of the molecule is CCC(N)C(Oc1ccc(Br)cc1F)c1ccccc1Br. The van der Waals surface area contributed by atoms with E-state index in [-0.39, 0.29) is 11.8 Å². The Labute approximate surface area is 140 Å². The van der Waals surface area contributed by atoms with Crippen molar-refractivity contribution in [3.63, 3.8) is 0 Å². The molecule has 2 aromatic rings. The molecule has 0 aromatic heterocycles. The first-order valence-electron chi connectivity index (χ1n) is 6.64. The number of rotatable bonds is 5. The molecule has 0 aliphatic heterocycles. The molecule has 0 bridgehead atoms. The van der Waals surface area contributed by atoms with Gasteiger partial charge >= 0.3 is 0 Å². The zero-order valence-electron chi connectivity index (χ0n) is 11.5. The van der Waals surface area contributed by atoms with Crippen LogP contribution in [0.5, 0.6) is 5.75 Å². The number of hydrogen-bond donors (Lipinski definition) is 1. The van der Waals surface area contributed by atoms with Gasteiger partial charge < -0.3 is 10.5 Å². The van der Waals surface area contributed by atoms with E-state index in [9.17, 15) is 4.39 Å². The van der Waals surface area contributed by atoms with Crippen molar-refractivity contribution < 1.29 is 9.13 Å². The van der Waals surface area contributed by atoms with Gasteiger partial charge in [0, 0.05) is 20.6 Å². The first kappa shape index (κ1) is 16.5. The average Bonchev–Trinajstić information content (AvgIpc) is 2.47. The van der Waals surface area contributed by atoms with Crippen LogP contribution in [0, 0.1) is 5.82 Å². The molecule has 2 N–H and O–H groups in total. The summed E-state index contributed by atoms with van der Waals surface area (Å²) in [6.07, 6.45) is 0.311. The van der Waals surface area contributed by atoms with Gasteiger partial charge in [-0.1, -0.05) is 57.0 Å². The largest absolute Gasteiger partial charge is 0.481 e. The monoisotopic (exact) mass is 415 g/mol. The predicted molar refractivity (Wildman–Crippen MR) is 89.9 cm³/mol. The molecule has 2 nitrogen and oxygen atoms in total. The highest BCUT2D eigenvalue weighted by atomic mass is 79.9. The maximum Gasteiger partial charge on any atom is 0.166 e. The van der Waals surface area contributed by atoms with Crippen molar-refractivity contribution in [2.45, 2.75) is 25.5 Å². The van der Waals surface area contributed by atoms with Crippen molar-refractivity contribution in [1.29, 1.82) is 0 Å². The van der Waals surface area contributed by atoms with Gasteiger partial charge in [0.2, 0.25) is 0 Å². The maximum atomic E-state index is 14.0. The molecular weight excluding hydrogens is 401 g/mol. The summed E-state index contributed by atoms with van der Waals surface area (Å²) in [5.74, 6) is -0.215. The molecule has 2 aromatic carbocycles. The molecule has 0 aliphatic carbocycles. The summed E-state index contributed by atoms with van der Waals surface area (Å²) in [5, 5.41) is 0. The van der Waals surface area contributed by atoms with Crippen LogP contribution >= 0.6 is 31.9 Å². The molecule has 0 radical (unpaired) electrons. The summed E-state index contributed by atoms with van der Waals surface area (Å²) in [6.45, 7) is 1.98. The lowest BCUT2D eigenvalue weighted by Gasteiger charge is -2.26. The fourth-order valence-corrected chi connectivity index (χ4v) is 2.85. The molecule has 0 heterocycles. The van der Waals surface area contributed by atoms with Crippen molar-refractivity contribution in [3.8, 4) is 5.75 Å². The van der Waals surface area contributed by atoms with Crippen LogP contribution in [0.1, 0.15) is 25.0 Å². The van der Waals surface area contributed by atoms with Crippen molar-refractivity contribution in [2.75, 3.05) is 0 Å². The van der Waals surface area contributed by atoms with E-state index >= 15 is 0 Å². The van der Waals surface area contributed by atoms with E-state index in [1.807, 2.05) is 31.2 Å². The number of ether oxygens (including phenoxy) is 1. The van der Waals surface area contributed by atoms with E-state index in [1.54, 1.807) is 12.1 Å². The van der Waals surface area contributed by atoms with E-state index in [4.69, 9.17) is 10.5 Å². The molecule has 21 heavy (non-hydrogen) atoms. The Kier molecular flexibility index (Phi) is 5.79. The van der Waals surface area contributed by atoms with E-state index in [2.05, 4.69) is 31.9 Å². The van der Waals surface area contributed by atoms with Crippen molar-refractivity contribution in [1.82, 2.24) is 0 Å². The normalized spacial score (nSPS) is 13.8. The van der Waals surface area contributed by atoms with Crippen LogP contribution in [0.4, 0.5) is 4.39 Å². The second-order valence-corrected chi connectivity index (χ2v) is 6.48. The van der Waals surface area contributed by atoms with Gasteiger partial charge in [-0.3, -0.25) is 0 Å². The van der Waals surface area contributed by atoms with E-state index in [1.165, 1.54) is 6.07 Å². The topological polar surface area (TPSA) is 35.2 Å². The van der Waals surface area contributed by atoms with Gasteiger partial charge in [0.15, 0.2) is 11.6 Å². The highest BCUT2D eigenvalue weighted by Crippen LogP contribution is 2.32. The molecule has 2 rings (SSSR count). The molecule has 0 fully saturated rings. The Morgan fingerprint density at radius 3 is 2.52 bits per heavy atom. The zero-order valence-corrected chi connectivity index (χ0v) is 14.7. The van der Waals surface area contributed by atoms with E-state index in [0.717, 1.165) is 16.5 Å². The minimum absolute atomic E-state index is 0.197. The Hall–Kier alpha value is -0.910. The molecule has 2 atom stereocenters. The highest BCUT2D eigenvalue weighted by molar-refractivity contribution is 9.10. The number of hydrogen-bond acceptors (Lipinski definition) is 2. The van der Waals surface area contributed by atoms with Crippen LogP contribution in [-0.2, 0) is 0 Å². The summed E-state index contributed by atoms with van der Waals surface area (Å²) in [7, 11) is 0. The second-order valence-electron chi connectivity index (χ2n) is 4.71. The van der Waals surface area contributed by atoms with Gasteiger partial charge in [0.05, 0.1) is 0 Å². The summed E-state index contributed by atoms with van der Waals surface area (Å²) >= 11 is 6.73. The third-order valence-corrected chi connectivity index (χ3v) is 4.44. The van der Waals surface area contributed by atoms with Crippen molar-refractivity contribution in [2.24, 2.45) is 5.73 Å². The van der Waals surface area contributed by atoms with Crippen LogP contribution < -0.4 is 10.5 Å². The van der Waals surface area contributed by atoms with E-state index < -0.39 is 11.9 Å². The second kappa shape index (κ2) is 7.38. The van der Waals surface area contributed by atoms with Crippen molar-refractivity contribution >= 4 is 31.9 Å². The standard InChI is InChI=1S/C16H16Br2FNO/c1-2-14(20)16(11-5-3-4-6-12(11)18)21-15-8-7-10(17)9-13(15)19/h3-9,14,16H,2,20H2,1H3. The predicted octanol–water partition coefficient (Wildman–Crippen LogP) is 5.21. The molecule has 0 saturated heterocycles. The third-order valence-electron chi connectivity index (χ3n) is 3.22. The molecular formula is C16H16Br2FNO. The fraction of sp³-hybridized carbons (Fsp3) is 0.250. The minimum atomic E-state index is -0.416. The van der Waals surface area contributed by atoms with Gasteiger partial charge in [-0.25, -0.2) is 4.39 Å². The first-order valence-corrected chi connectivity index (χ1v) is 8.23. The molecule has 112 valence electrons. The summed E-state index contributed by atoms with van der Waals surface area (Å²) < 4.78 is 21.4. The Balaban J connectivity index is 2.35. The molecule has 5 heteroatoms. The Morgan fingerprint density at radius 1 is 1.19 bits per heavy atom. The lowest BCUT2D eigenvalue weighted by atomic mass is 10.0. The average molecular weight is 417 g/mol. The smallest absolute Gasteiger partial charge is 0.166 e. The summed E-state index contributed by atoms with van der Waals surface area (Å²) in [4.78, 5) is 0.